The molecule has 2 aromatic rings. The SMILES string of the molecule is O=C(c1ccc(F)cc1)N1CCC[C@H](c2ccnc(=O)[nH]2)C1. The Bertz CT molecular complexity index is 727. The lowest BCUT2D eigenvalue weighted by Gasteiger charge is -2.32. The van der Waals surface area contributed by atoms with Crippen LogP contribution in [0.1, 0.15) is 34.8 Å². The van der Waals surface area contributed by atoms with E-state index in [9.17, 15) is 14.0 Å². The Morgan fingerprint density at radius 1 is 1.27 bits per heavy atom. The van der Waals surface area contributed by atoms with Gasteiger partial charge in [0.2, 0.25) is 0 Å². The molecule has 0 aliphatic carbocycles. The number of hydrogen-bond donors (Lipinski definition) is 1. The van der Waals surface area contributed by atoms with E-state index in [4.69, 9.17) is 0 Å². The summed E-state index contributed by atoms with van der Waals surface area (Å²) in [5, 5.41) is 0. The number of aromatic nitrogens is 2. The van der Waals surface area contributed by atoms with E-state index in [1.54, 1.807) is 11.0 Å². The predicted octanol–water partition coefficient (Wildman–Crippen LogP) is 1.93. The van der Waals surface area contributed by atoms with Crippen molar-refractivity contribution in [1.82, 2.24) is 14.9 Å². The smallest absolute Gasteiger partial charge is 0.338 e. The van der Waals surface area contributed by atoms with Crippen LogP contribution in [-0.2, 0) is 0 Å². The van der Waals surface area contributed by atoms with Crippen LogP contribution in [0.15, 0.2) is 41.3 Å². The Kier molecular flexibility index (Phi) is 4.00. The van der Waals surface area contributed by atoms with Crippen LogP contribution >= 0.6 is 0 Å². The highest BCUT2D eigenvalue weighted by molar-refractivity contribution is 5.94. The first-order valence-corrected chi connectivity index (χ1v) is 7.23. The van der Waals surface area contributed by atoms with Crippen molar-refractivity contribution in [2.24, 2.45) is 0 Å². The number of piperidine rings is 1. The largest absolute Gasteiger partial charge is 0.345 e. The summed E-state index contributed by atoms with van der Waals surface area (Å²) in [7, 11) is 0. The van der Waals surface area contributed by atoms with Gasteiger partial charge in [-0.3, -0.25) is 4.79 Å². The molecule has 0 saturated carbocycles. The van der Waals surface area contributed by atoms with Gasteiger partial charge in [0.1, 0.15) is 5.82 Å². The van der Waals surface area contributed by atoms with E-state index in [2.05, 4.69) is 9.97 Å². The van der Waals surface area contributed by atoms with E-state index in [0.717, 1.165) is 18.5 Å². The van der Waals surface area contributed by atoms with Crippen LogP contribution in [0.25, 0.3) is 0 Å². The first-order valence-electron chi connectivity index (χ1n) is 7.23. The fourth-order valence-electron chi connectivity index (χ4n) is 2.81. The van der Waals surface area contributed by atoms with Gasteiger partial charge in [-0.05, 0) is 43.2 Å². The Balaban J connectivity index is 1.76. The zero-order valence-corrected chi connectivity index (χ0v) is 12.0. The summed E-state index contributed by atoms with van der Waals surface area (Å²) in [5.41, 5.74) is 0.904. The van der Waals surface area contributed by atoms with Gasteiger partial charge < -0.3 is 9.88 Å². The quantitative estimate of drug-likeness (QED) is 0.921. The first kappa shape index (κ1) is 14.4. The minimum absolute atomic E-state index is 0.0915. The van der Waals surface area contributed by atoms with E-state index >= 15 is 0 Å². The molecule has 6 heteroatoms. The van der Waals surface area contributed by atoms with Crippen molar-refractivity contribution in [2.45, 2.75) is 18.8 Å². The molecular weight excluding hydrogens is 285 g/mol. The van der Waals surface area contributed by atoms with Gasteiger partial charge in [0.05, 0.1) is 0 Å². The average molecular weight is 301 g/mol. The molecule has 0 bridgehead atoms. The summed E-state index contributed by atoms with van der Waals surface area (Å²) in [6.45, 7) is 1.21. The third-order valence-corrected chi connectivity index (χ3v) is 3.94. The average Bonchev–Trinajstić information content (AvgIpc) is 2.55. The first-order chi connectivity index (χ1) is 10.6. The lowest BCUT2D eigenvalue weighted by Crippen LogP contribution is -2.39. The highest BCUT2D eigenvalue weighted by atomic mass is 19.1. The monoisotopic (exact) mass is 301 g/mol. The third-order valence-electron chi connectivity index (χ3n) is 3.94. The third kappa shape index (κ3) is 3.05. The molecule has 1 aliphatic rings. The number of aromatic amines is 1. The summed E-state index contributed by atoms with van der Waals surface area (Å²) < 4.78 is 12.9. The van der Waals surface area contributed by atoms with E-state index in [-0.39, 0.29) is 23.3 Å². The molecule has 1 aliphatic heterocycles. The van der Waals surface area contributed by atoms with Gasteiger partial charge in [0.25, 0.3) is 5.91 Å². The van der Waals surface area contributed by atoms with Crippen LogP contribution in [0.3, 0.4) is 0 Å². The number of likely N-dealkylation sites (tertiary alicyclic amines) is 1. The molecule has 2 heterocycles. The van der Waals surface area contributed by atoms with Gasteiger partial charge >= 0.3 is 5.69 Å². The van der Waals surface area contributed by atoms with E-state index in [1.165, 1.54) is 30.5 Å². The van der Waals surface area contributed by atoms with Crippen molar-refractivity contribution < 1.29 is 9.18 Å². The van der Waals surface area contributed by atoms with Crippen molar-refractivity contribution in [3.05, 3.63) is 64.1 Å². The molecule has 22 heavy (non-hydrogen) atoms. The molecule has 1 atom stereocenters. The molecule has 5 nitrogen and oxygen atoms in total. The van der Waals surface area contributed by atoms with Gasteiger partial charge in [-0.15, -0.1) is 0 Å². The van der Waals surface area contributed by atoms with Gasteiger partial charge in [-0.2, -0.15) is 0 Å². The molecule has 1 saturated heterocycles. The normalized spacial score (nSPS) is 18.2. The Morgan fingerprint density at radius 3 is 2.77 bits per heavy atom. The Morgan fingerprint density at radius 2 is 2.05 bits per heavy atom. The van der Waals surface area contributed by atoms with Gasteiger partial charge in [0.15, 0.2) is 0 Å². The fraction of sp³-hybridized carbons (Fsp3) is 0.312. The number of H-pyrrole nitrogens is 1. The van der Waals surface area contributed by atoms with E-state index < -0.39 is 0 Å². The number of nitrogens with zero attached hydrogens (tertiary/aromatic N) is 2. The topological polar surface area (TPSA) is 66.1 Å². The molecule has 0 unspecified atom stereocenters. The standard InChI is InChI=1S/C16H16FN3O2/c17-13-5-3-11(4-6-13)15(21)20-9-1-2-12(10-20)14-7-8-18-16(22)19-14/h3-8,12H,1-2,9-10H2,(H,18,19,22)/t12-/m0/s1. The number of carbonyl (C=O) groups is 1. The van der Waals surface area contributed by atoms with E-state index in [0.29, 0.717) is 18.7 Å². The lowest BCUT2D eigenvalue weighted by atomic mass is 9.94. The molecule has 1 aromatic carbocycles. The number of halogens is 1. The van der Waals surface area contributed by atoms with Crippen LogP contribution in [0.4, 0.5) is 4.39 Å². The molecule has 1 amide bonds. The van der Waals surface area contributed by atoms with Crippen LogP contribution in [-0.4, -0.2) is 33.9 Å². The number of amides is 1. The summed E-state index contributed by atoms with van der Waals surface area (Å²) >= 11 is 0. The number of benzene rings is 1. The van der Waals surface area contributed by atoms with Gasteiger partial charge in [-0.25, -0.2) is 14.2 Å². The molecule has 0 radical (unpaired) electrons. The second kappa shape index (κ2) is 6.09. The molecular formula is C16H16FN3O2. The van der Waals surface area contributed by atoms with Crippen LogP contribution in [0, 0.1) is 5.82 Å². The molecule has 1 N–H and O–H groups in total. The second-order valence-corrected chi connectivity index (χ2v) is 5.43. The molecule has 114 valence electrons. The summed E-state index contributed by atoms with van der Waals surface area (Å²) in [4.78, 5) is 31.9. The van der Waals surface area contributed by atoms with Crippen molar-refractivity contribution in [3.8, 4) is 0 Å². The second-order valence-electron chi connectivity index (χ2n) is 5.43. The minimum Gasteiger partial charge on any atom is -0.338 e. The molecule has 1 fully saturated rings. The summed E-state index contributed by atoms with van der Waals surface area (Å²) in [6.07, 6.45) is 3.25. The summed E-state index contributed by atoms with van der Waals surface area (Å²) in [5.74, 6) is -0.377. The molecule has 3 rings (SSSR count). The van der Waals surface area contributed by atoms with Crippen molar-refractivity contribution >= 4 is 5.91 Å². The molecule has 1 aromatic heterocycles. The zero-order valence-electron chi connectivity index (χ0n) is 12.0. The Hall–Kier alpha value is -2.50. The van der Waals surface area contributed by atoms with Crippen molar-refractivity contribution in [2.75, 3.05) is 13.1 Å². The highest BCUT2D eigenvalue weighted by Gasteiger charge is 2.26. The van der Waals surface area contributed by atoms with Crippen LogP contribution in [0.5, 0.6) is 0 Å². The lowest BCUT2D eigenvalue weighted by molar-refractivity contribution is 0.0706. The van der Waals surface area contributed by atoms with Gasteiger partial charge in [0, 0.05) is 36.5 Å². The van der Waals surface area contributed by atoms with Crippen LogP contribution < -0.4 is 5.69 Å². The number of rotatable bonds is 2. The summed E-state index contributed by atoms with van der Waals surface area (Å²) in [6, 6.07) is 7.34. The number of carbonyl (C=O) groups excluding carboxylic acids is 1. The fourth-order valence-corrected chi connectivity index (χ4v) is 2.81. The maximum atomic E-state index is 12.9. The maximum absolute atomic E-state index is 12.9. The van der Waals surface area contributed by atoms with Crippen LogP contribution in [0.2, 0.25) is 0 Å². The van der Waals surface area contributed by atoms with Crippen molar-refractivity contribution in [1.29, 1.82) is 0 Å². The maximum Gasteiger partial charge on any atom is 0.345 e. The van der Waals surface area contributed by atoms with Gasteiger partial charge in [-0.1, -0.05) is 0 Å². The highest BCUT2D eigenvalue weighted by Crippen LogP contribution is 2.25. The predicted molar refractivity (Wildman–Crippen MR) is 79.1 cm³/mol. The number of nitrogens with one attached hydrogen (secondary N) is 1. The Labute approximate surface area is 126 Å². The molecule has 0 spiro atoms. The van der Waals surface area contributed by atoms with Crippen molar-refractivity contribution in [3.63, 3.8) is 0 Å². The minimum atomic E-state index is -0.375. The van der Waals surface area contributed by atoms with E-state index in [1.807, 2.05) is 0 Å². The zero-order chi connectivity index (χ0) is 15.5. The number of hydrogen-bond acceptors (Lipinski definition) is 3.